The van der Waals surface area contributed by atoms with E-state index in [2.05, 4.69) is 33.6 Å². The standard InChI is InChI=1S/C24H19N3O2S/c1-2-24(28)27-21-7-4-3-6-20(21)26-23-16-19(13-14-25-23)29-18-11-9-17(10-12-18)22-8-5-15-30-22/h2-16H,1H2,(H,25,26)(H,27,28). The average Bonchev–Trinajstić information content (AvgIpc) is 3.31. The van der Waals surface area contributed by atoms with Crippen LogP contribution in [0.4, 0.5) is 17.2 Å². The minimum absolute atomic E-state index is 0.278. The van der Waals surface area contributed by atoms with E-state index < -0.39 is 0 Å². The maximum Gasteiger partial charge on any atom is 0.247 e. The van der Waals surface area contributed by atoms with E-state index in [0.29, 0.717) is 17.3 Å². The lowest BCUT2D eigenvalue weighted by Crippen LogP contribution is -2.09. The molecule has 0 atom stereocenters. The van der Waals surface area contributed by atoms with Gasteiger partial charge < -0.3 is 15.4 Å². The van der Waals surface area contributed by atoms with Crippen molar-refractivity contribution in [2.24, 2.45) is 0 Å². The highest BCUT2D eigenvalue weighted by Gasteiger charge is 2.07. The molecule has 0 fully saturated rings. The van der Waals surface area contributed by atoms with E-state index in [1.807, 2.05) is 48.5 Å². The van der Waals surface area contributed by atoms with Crippen molar-refractivity contribution in [3.05, 3.63) is 97.0 Å². The van der Waals surface area contributed by atoms with E-state index in [1.165, 1.54) is 11.0 Å². The van der Waals surface area contributed by atoms with E-state index in [1.54, 1.807) is 35.7 Å². The van der Waals surface area contributed by atoms with E-state index in [9.17, 15) is 4.79 Å². The first kappa shape index (κ1) is 19.4. The number of hydrogen-bond acceptors (Lipinski definition) is 5. The largest absolute Gasteiger partial charge is 0.457 e. The predicted octanol–water partition coefficient (Wildman–Crippen LogP) is 6.47. The van der Waals surface area contributed by atoms with Crippen molar-refractivity contribution in [2.75, 3.05) is 10.6 Å². The lowest BCUT2D eigenvalue weighted by Gasteiger charge is -2.13. The van der Waals surface area contributed by atoms with Gasteiger partial charge in [0.25, 0.3) is 0 Å². The quantitative estimate of drug-likeness (QED) is 0.341. The Morgan fingerprint density at radius 3 is 2.50 bits per heavy atom. The number of benzene rings is 2. The molecule has 0 bridgehead atoms. The molecule has 2 heterocycles. The summed E-state index contributed by atoms with van der Waals surface area (Å²) in [4.78, 5) is 17.2. The van der Waals surface area contributed by atoms with Gasteiger partial charge in [-0.2, -0.15) is 0 Å². The number of amides is 1. The topological polar surface area (TPSA) is 63.2 Å². The van der Waals surface area contributed by atoms with Crippen LogP contribution in [0.3, 0.4) is 0 Å². The minimum Gasteiger partial charge on any atom is -0.457 e. The summed E-state index contributed by atoms with van der Waals surface area (Å²) in [5.41, 5.74) is 2.52. The van der Waals surface area contributed by atoms with Crippen molar-refractivity contribution in [3.63, 3.8) is 0 Å². The SMILES string of the molecule is C=CC(=O)Nc1ccccc1Nc1cc(Oc2ccc(-c3cccs3)cc2)ccn1. The number of nitrogens with one attached hydrogen (secondary N) is 2. The first-order chi connectivity index (χ1) is 14.7. The molecule has 2 N–H and O–H groups in total. The number of nitrogens with zero attached hydrogens (tertiary/aromatic N) is 1. The Morgan fingerprint density at radius 2 is 1.77 bits per heavy atom. The molecule has 0 unspecified atom stereocenters. The number of aromatic nitrogens is 1. The van der Waals surface area contributed by atoms with Crippen LogP contribution in [-0.4, -0.2) is 10.9 Å². The Balaban J connectivity index is 1.48. The van der Waals surface area contributed by atoms with Crippen molar-refractivity contribution < 1.29 is 9.53 Å². The van der Waals surface area contributed by atoms with Gasteiger partial charge in [0.2, 0.25) is 5.91 Å². The van der Waals surface area contributed by atoms with Gasteiger partial charge in [0, 0.05) is 17.1 Å². The second-order valence-corrected chi connectivity index (χ2v) is 7.29. The van der Waals surface area contributed by atoms with Gasteiger partial charge in [-0.15, -0.1) is 11.3 Å². The number of carbonyl (C=O) groups excluding carboxylic acids is 1. The van der Waals surface area contributed by atoms with Gasteiger partial charge in [-0.3, -0.25) is 4.79 Å². The van der Waals surface area contributed by atoms with E-state index in [4.69, 9.17) is 4.74 Å². The number of ether oxygens (including phenoxy) is 1. The minimum atomic E-state index is -0.278. The first-order valence-corrected chi connectivity index (χ1v) is 10.2. The van der Waals surface area contributed by atoms with Crippen LogP contribution in [0.25, 0.3) is 10.4 Å². The van der Waals surface area contributed by atoms with Gasteiger partial charge in [-0.1, -0.05) is 24.8 Å². The van der Waals surface area contributed by atoms with Crippen LogP contribution in [0.2, 0.25) is 0 Å². The van der Waals surface area contributed by atoms with Crippen molar-refractivity contribution in [1.29, 1.82) is 0 Å². The number of anilines is 3. The molecule has 2 aromatic carbocycles. The fourth-order valence-corrected chi connectivity index (χ4v) is 3.57. The molecule has 6 heteroatoms. The Morgan fingerprint density at radius 1 is 0.967 bits per heavy atom. The second-order valence-electron chi connectivity index (χ2n) is 6.34. The monoisotopic (exact) mass is 413 g/mol. The van der Waals surface area contributed by atoms with Gasteiger partial charge in [0.05, 0.1) is 11.4 Å². The highest BCUT2D eigenvalue weighted by molar-refractivity contribution is 7.13. The van der Waals surface area contributed by atoms with Crippen molar-refractivity contribution in [2.45, 2.75) is 0 Å². The van der Waals surface area contributed by atoms with Gasteiger partial charge in [0.15, 0.2) is 0 Å². The summed E-state index contributed by atoms with van der Waals surface area (Å²) in [6.07, 6.45) is 2.90. The van der Waals surface area contributed by atoms with Gasteiger partial charge in [-0.05, 0) is 65.6 Å². The fraction of sp³-hybridized carbons (Fsp3) is 0. The summed E-state index contributed by atoms with van der Waals surface area (Å²) in [6.45, 7) is 3.48. The molecule has 1 amide bonds. The Bertz CT molecular complexity index is 1160. The predicted molar refractivity (Wildman–Crippen MR) is 123 cm³/mol. The molecule has 4 aromatic rings. The molecule has 5 nitrogen and oxygen atoms in total. The molecular weight excluding hydrogens is 394 g/mol. The lowest BCUT2D eigenvalue weighted by molar-refractivity contribution is -0.111. The van der Waals surface area contributed by atoms with E-state index in [-0.39, 0.29) is 5.91 Å². The van der Waals surface area contributed by atoms with Gasteiger partial charge in [0.1, 0.15) is 17.3 Å². The smallest absolute Gasteiger partial charge is 0.247 e. The van der Waals surface area contributed by atoms with E-state index in [0.717, 1.165) is 17.0 Å². The number of para-hydroxylation sites is 2. The summed E-state index contributed by atoms with van der Waals surface area (Å²) in [7, 11) is 0. The number of pyridine rings is 1. The number of thiophene rings is 1. The number of rotatable bonds is 7. The zero-order chi connectivity index (χ0) is 20.8. The third-order valence-corrected chi connectivity index (χ3v) is 5.18. The highest BCUT2D eigenvalue weighted by Crippen LogP contribution is 2.30. The average molecular weight is 414 g/mol. The fourth-order valence-electron chi connectivity index (χ4n) is 2.83. The summed E-state index contributed by atoms with van der Waals surface area (Å²) in [5, 5.41) is 8.05. The lowest BCUT2D eigenvalue weighted by atomic mass is 10.2. The maximum atomic E-state index is 11.7. The van der Waals surface area contributed by atoms with Crippen LogP contribution in [0.5, 0.6) is 11.5 Å². The van der Waals surface area contributed by atoms with Gasteiger partial charge >= 0.3 is 0 Å². The molecule has 148 valence electrons. The van der Waals surface area contributed by atoms with Crippen LogP contribution in [-0.2, 0) is 4.79 Å². The van der Waals surface area contributed by atoms with Crippen LogP contribution in [0.15, 0.2) is 97.0 Å². The third kappa shape index (κ3) is 4.74. The Labute approximate surface area is 178 Å². The Hall–Kier alpha value is -3.90. The van der Waals surface area contributed by atoms with Crippen molar-refractivity contribution >= 4 is 34.4 Å². The third-order valence-electron chi connectivity index (χ3n) is 4.26. The summed E-state index contributed by atoms with van der Waals surface area (Å²) in [5.74, 6) is 1.72. The summed E-state index contributed by atoms with van der Waals surface area (Å²) in [6, 6.07) is 23.1. The maximum absolute atomic E-state index is 11.7. The van der Waals surface area contributed by atoms with Crippen LogP contribution < -0.4 is 15.4 Å². The normalized spacial score (nSPS) is 10.3. The van der Waals surface area contributed by atoms with Crippen molar-refractivity contribution in [3.8, 4) is 21.9 Å². The molecule has 0 aliphatic heterocycles. The van der Waals surface area contributed by atoms with Gasteiger partial charge in [-0.25, -0.2) is 4.98 Å². The molecule has 0 aliphatic rings. The Kier molecular flexibility index (Phi) is 5.87. The summed E-state index contributed by atoms with van der Waals surface area (Å²) >= 11 is 1.71. The molecular formula is C24H19N3O2S. The highest BCUT2D eigenvalue weighted by atomic mass is 32.1. The van der Waals surface area contributed by atoms with Crippen LogP contribution >= 0.6 is 11.3 Å². The first-order valence-electron chi connectivity index (χ1n) is 9.28. The van der Waals surface area contributed by atoms with Crippen molar-refractivity contribution in [1.82, 2.24) is 4.98 Å². The molecule has 4 rings (SSSR count). The molecule has 0 saturated heterocycles. The zero-order valence-electron chi connectivity index (χ0n) is 16.0. The molecule has 0 spiro atoms. The molecule has 2 aromatic heterocycles. The number of carbonyl (C=O) groups is 1. The van der Waals surface area contributed by atoms with Crippen LogP contribution in [0, 0.1) is 0 Å². The molecule has 0 aliphatic carbocycles. The summed E-state index contributed by atoms with van der Waals surface area (Å²) < 4.78 is 5.98. The zero-order valence-corrected chi connectivity index (χ0v) is 16.9. The second kappa shape index (κ2) is 9.07. The van der Waals surface area contributed by atoms with Crippen LogP contribution in [0.1, 0.15) is 0 Å². The number of hydrogen-bond donors (Lipinski definition) is 2. The van der Waals surface area contributed by atoms with E-state index >= 15 is 0 Å². The molecule has 30 heavy (non-hydrogen) atoms. The molecule has 0 saturated carbocycles. The molecule has 0 radical (unpaired) electrons.